The Labute approximate surface area is 93.0 Å². The number of benzene rings is 1. The quantitative estimate of drug-likeness (QED) is 0.845. The summed E-state index contributed by atoms with van der Waals surface area (Å²) in [6, 6.07) is 7.44. The van der Waals surface area contributed by atoms with Crippen molar-refractivity contribution in [3.8, 4) is 5.75 Å². The van der Waals surface area contributed by atoms with Crippen LogP contribution >= 0.6 is 0 Å². The van der Waals surface area contributed by atoms with Gasteiger partial charge in [-0.1, -0.05) is 12.1 Å². The third-order valence-corrected chi connectivity index (χ3v) is 2.35. The molecule has 1 atom stereocenters. The predicted molar refractivity (Wildman–Crippen MR) is 61.0 cm³/mol. The molecule has 82 valence electrons. The molecule has 2 N–H and O–H groups in total. The Morgan fingerprint density at radius 2 is 2.25 bits per heavy atom. The largest absolute Gasteiger partial charge is 0.480 e. The molecule has 0 aliphatic heterocycles. The summed E-state index contributed by atoms with van der Waals surface area (Å²) in [5, 5.41) is 1.89. The highest BCUT2D eigenvalue weighted by atomic mass is 16.5. The van der Waals surface area contributed by atoms with Gasteiger partial charge in [0.25, 0.3) is 5.91 Å². The molecule has 0 spiro atoms. The van der Waals surface area contributed by atoms with Crippen molar-refractivity contribution >= 4 is 16.7 Å². The van der Waals surface area contributed by atoms with E-state index in [4.69, 9.17) is 10.5 Å². The fourth-order valence-electron chi connectivity index (χ4n) is 1.44. The van der Waals surface area contributed by atoms with Crippen LogP contribution in [0.3, 0.4) is 0 Å². The minimum absolute atomic E-state index is 0.481. The standard InChI is InChI=1S/C12H12N2O2/c1-8(12(13)15)16-11-4-2-3-9-7-14-6-5-10(9)11/h2-8H,1H3,(H2,13,15). The first kappa shape index (κ1) is 10.4. The van der Waals surface area contributed by atoms with Gasteiger partial charge in [-0.15, -0.1) is 0 Å². The number of carbonyl (C=O) groups is 1. The lowest BCUT2D eigenvalue weighted by Gasteiger charge is -2.12. The minimum atomic E-state index is -0.640. The van der Waals surface area contributed by atoms with E-state index >= 15 is 0 Å². The van der Waals surface area contributed by atoms with Crippen LogP contribution in [0.2, 0.25) is 0 Å². The molecule has 0 aliphatic carbocycles. The normalized spacial score (nSPS) is 12.3. The van der Waals surface area contributed by atoms with Crippen molar-refractivity contribution in [3.63, 3.8) is 0 Å². The third-order valence-electron chi connectivity index (χ3n) is 2.35. The van der Waals surface area contributed by atoms with Gasteiger partial charge in [0.15, 0.2) is 6.10 Å². The summed E-state index contributed by atoms with van der Waals surface area (Å²) < 4.78 is 5.49. The van der Waals surface area contributed by atoms with Gasteiger partial charge in [-0.2, -0.15) is 0 Å². The molecule has 16 heavy (non-hydrogen) atoms. The molecule has 1 unspecified atom stereocenters. The van der Waals surface area contributed by atoms with Crippen LogP contribution in [-0.2, 0) is 4.79 Å². The van der Waals surface area contributed by atoms with Crippen molar-refractivity contribution in [2.45, 2.75) is 13.0 Å². The topological polar surface area (TPSA) is 65.2 Å². The Kier molecular flexibility index (Phi) is 2.72. The number of rotatable bonds is 3. The van der Waals surface area contributed by atoms with Crippen molar-refractivity contribution in [1.29, 1.82) is 0 Å². The first-order chi connectivity index (χ1) is 7.68. The van der Waals surface area contributed by atoms with Gasteiger partial charge in [0, 0.05) is 23.2 Å². The minimum Gasteiger partial charge on any atom is -0.480 e. The smallest absolute Gasteiger partial charge is 0.258 e. The van der Waals surface area contributed by atoms with Crippen LogP contribution in [0, 0.1) is 0 Å². The molecule has 2 rings (SSSR count). The second-order valence-corrected chi connectivity index (χ2v) is 3.52. The molecule has 0 saturated heterocycles. The van der Waals surface area contributed by atoms with Gasteiger partial charge in [-0.3, -0.25) is 9.78 Å². The number of hydrogen-bond donors (Lipinski definition) is 1. The van der Waals surface area contributed by atoms with E-state index in [9.17, 15) is 4.79 Å². The van der Waals surface area contributed by atoms with Crippen LogP contribution < -0.4 is 10.5 Å². The number of amides is 1. The fraction of sp³-hybridized carbons (Fsp3) is 0.167. The third kappa shape index (κ3) is 1.95. The second kappa shape index (κ2) is 4.18. The average Bonchev–Trinajstić information content (AvgIpc) is 2.29. The zero-order valence-electron chi connectivity index (χ0n) is 8.88. The Morgan fingerprint density at radius 1 is 1.44 bits per heavy atom. The Morgan fingerprint density at radius 3 is 3.00 bits per heavy atom. The van der Waals surface area contributed by atoms with E-state index in [0.29, 0.717) is 5.75 Å². The van der Waals surface area contributed by atoms with Crippen molar-refractivity contribution in [3.05, 3.63) is 36.7 Å². The Balaban J connectivity index is 2.41. The summed E-state index contributed by atoms with van der Waals surface area (Å²) in [4.78, 5) is 14.9. The molecular formula is C12H12N2O2. The summed E-state index contributed by atoms with van der Waals surface area (Å²) in [6.07, 6.45) is 2.79. The Bertz CT molecular complexity index is 520. The van der Waals surface area contributed by atoms with E-state index in [1.54, 1.807) is 19.3 Å². The monoisotopic (exact) mass is 216 g/mol. The highest BCUT2D eigenvalue weighted by molar-refractivity contribution is 5.88. The molecule has 2 aromatic rings. The molecule has 1 aromatic heterocycles. The number of nitrogens with two attached hydrogens (primary N) is 1. The number of nitrogens with zero attached hydrogens (tertiary/aromatic N) is 1. The highest BCUT2D eigenvalue weighted by Gasteiger charge is 2.11. The lowest BCUT2D eigenvalue weighted by Crippen LogP contribution is -2.30. The van der Waals surface area contributed by atoms with E-state index in [2.05, 4.69) is 4.98 Å². The number of hydrogen-bond acceptors (Lipinski definition) is 3. The summed E-state index contributed by atoms with van der Waals surface area (Å²) in [5.41, 5.74) is 5.15. The Hall–Kier alpha value is -2.10. The van der Waals surface area contributed by atoms with Gasteiger partial charge >= 0.3 is 0 Å². The molecule has 4 heteroatoms. The SMILES string of the molecule is CC(Oc1cccc2cnccc12)C(N)=O. The number of aromatic nitrogens is 1. The molecule has 0 aliphatic rings. The molecule has 0 radical (unpaired) electrons. The van der Waals surface area contributed by atoms with Crippen LogP contribution in [-0.4, -0.2) is 17.0 Å². The van der Waals surface area contributed by atoms with Gasteiger partial charge in [0.05, 0.1) is 0 Å². The molecule has 0 saturated carbocycles. The van der Waals surface area contributed by atoms with Crippen LogP contribution in [0.4, 0.5) is 0 Å². The average molecular weight is 216 g/mol. The number of fused-ring (bicyclic) bond motifs is 1. The molecule has 0 fully saturated rings. The fourth-order valence-corrected chi connectivity index (χ4v) is 1.44. The van der Waals surface area contributed by atoms with Crippen molar-refractivity contribution in [1.82, 2.24) is 4.98 Å². The van der Waals surface area contributed by atoms with Crippen LogP contribution in [0.5, 0.6) is 5.75 Å². The summed E-state index contributed by atoms with van der Waals surface area (Å²) in [6.45, 7) is 1.63. The summed E-state index contributed by atoms with van der Waals surface area (Å²) >= 11 is 0. The van der Waals surface area contributed by atoms with Gasteiger partial charge in [0.2, 0.25) is 0 Å². The zero-order valence-corrected chi connectivity index (χ0v) is 8.88. The first-order valence-corrected chi connectivity index (χ1v) is 4.97. The van der Waals surface area contributed by atoms with E-state index in [1.807, 2.05) is 24.3 Å². The van der Waals surface area contributed by atoms with Crippen LogP contribution in [0.15, 0.2) is 36.7 Å². The van der Waals surface area contributed by atoms with Gasteiger partial charge < -0.3 is 10.5 Å². The predicted octanol–water partition coefficient (Wildman–Crippen LogP) is 1.49. The van der Waals surface area contributed by atoms with E-state index in [1.165, 1.54) is 0 Å². The summed E-state index contributed by atoms with van der Waals surface area (Å²) in [5.74, 6) is 0.164. The van der Waals surface area contributed by atoms with Gasteiger partial charge in [0.1, 0.15) is 5.75 Å². The maximum absolute atomic E-state index is 10.9. The number of pyridine rings is 1. The lowest BCUT2D eigenvalue weighted by molar-refractivity contribution is -0.123. The van der Waals surface area contributed by atoms with Crippen LogP contribution in [0.25, 0.3) is 10.8 Å². The number of carbonyl (C=O) groups excluding carboxylic acids is 1. The maximum atomic E-state index is 10.9. The van der Waals surface area contributed by atoms with E-state index < -0.39 is 12.0 Å². The van der Waals surface area contributed by atoms with Gasteiger partial charge in [-0.25, -0.2) is 0 Å². The van der Waals surface area contributed by atoms with Crippen molar-refractivity contribution in [2.24, 2.45) is 5.73 Å². The van der Waals surface area contributed by atoms with E-state index in [0.717, 1.165) is 10.8 Å². The lowest BCUT2D eigenvalue weighted by atomic mass is 10.1. The van der Waals surface area contributed by atoms with E-state index in [-0.39, 0.29) is 0 Å². The molecule has 1 amide bonds. The van der Waals surface area contributed by atoms with Gasteiger partial charge in [-0.05, 0) is 19.1 Å². The molecule has 1 aromatic carbocycles. The molecular weight excluding hydrogens is 204 g/mol. The molecule has 1 heterocycles. The highest BCUT2D eigenvalue weighted by Crippen LogP contribution is 2.25. The van der Waals surface area contributed by atoms with Crippen LogP contribution in [0.1, 0.15) is 6.92 Å². The van der Waals surface area contributed by atoms with Crippen molar-refractivity contribution < 1.29 is 9.53 Å². The second-order valence-electron chi connectivity index (χ2n) is 3.52. The number of ether oxygens (including phenoxy) is 1. The molecule has 0 bridgehead atoms. The first-order valence-electron chi connectivity index (χ1n) is 4.97. The zero-order chi connectivity index (χ0) is 11.5. The maximum Gasteiger partial charge on any atom is 0.258 e. The summed E-state index contributed by atoms with van der Waals surface area (Å²) in [7, 11) is 0. The molecule has 4 nitrogen and oxygen atoms in total. The number of primary amides is 1. The van der Waals surface area contributed by atoms with Crippen molar-refractivity contribution in [2.75, 3.05) is 0 Å².